The van der Waals surface area contributed by atoms with Crippen LogP contribution in [0.25, 0.3) is 0 Å². The topological polar surface area (TPSA) is 81.0 Å². The molecule has 2 aliphatic heterocycles. The number of benzene rings is 1. The minimum Gasteiger partial charge on any atom is -0.493 e. The van der Waals surface area contributed by atoms with Crippen molar-refractivity contribution < 1.29 is 49.8 Å². The van der Waals surface area contributed by atoms with Crippen LogP contribution in [0.3, 0.4) is 0 Å². The number of carbonyl (C=O) groups excluding carboxylic acids is 2. The third-order valence-corrected chi connectivity index (χ3v) is 7.52. The first-order chi connectivity index (χ1) is 19.2. The van der Waals surface area contributed by atoms with Crippen LogP contribution in [0.15, 0.2) is 28.9 Å². The van der Waals surface area contributed by atoms with Gasteiger partial charge in [-0.25, -0.2) is 4.79 Å². The molecule has 1 aromatic heterocycles. The lowest BCUT2D eigenvalue weighted by molar-refractivity contribution is -0.385. The molecular weight excluding hydrogens is 558 g/mol. The number of amides is 3. The van der Waals surface area contributed by atoms with Crippen molar-refractivity contribution in [2.75, 3.05) is 13.2 Å². The van der Waals surface area contributed by atoms with E-state index in [-0.39, 0.29) is 48.4 Å². The van der Waals surface area contributed by atoms with Gasteiger partial charge in [0, 0.05) is 17.7 Å². The second-order valence-electron chi connectivity index (χ2n) is 10.4. The maximum absolute atomic E-state index is 14.0. The molecular formula is C28H32F6N2O5. The maximum Gasteiger partial charge on any atom is 0.430 e. The van der Waals surface area contributed by atoms with Crippen molar-refractivity contribution in [2.24, 2.45) is 0 Å². The first-order valence-electron chi connectivity index (χ1n) is 13.5. The minimum absolute atomic E-state index is 0.0792. The molecule has 1 unspecified atom stereocenters. The van der Waals surface area contributed by atoms with Crippen LogP contribution in [0.4, 0.5) is 31.1 Å². The summed E-state index contributed by atoms with van der Waals surface area (Å²) in [6, 6.07) is 3.56. The van der Waals surface area contributed by atoms with Crippen LogP contribution in [0.2, 0.25) is 0 Å². The van der Waals surface area contributed by atoms with E-state index in [0.717, 1.165) is 11.0 Å². The van der Waals surface area contributed by atoms with Crippen LogP contribution < -0.4 is 10.1 Å². The molecule has 1 fully saturated rings. The van der Waals surface area contributed by atoms with Gasteiger partial charge in [0.2, 0.25) is 0 Å². The lowest BCUT2D eigenvalue weighted by atomic mass is 9.84. The Morgan fingerprint density at radius 1 is 1.05 bits per heavy atom. The summed E-state index contributed by atoms with van der Waals surface area (Å²) in [5.74, 6) is 0.107. The van der Waals surface area contributed by atoms with Gasteiger partial charge < -0.3 is 19.2 Å². The average molecular weight is 591 g/mol. The summed E-state index contributed by atoms with van der Waals surface area (Å²) in [5.41, 5.74) is -6.25. The Bertz CT molecular complexity index is 1260. The zero-order valence-corrected chi connectivity index (χ0v) is 22.9. The Kier molecular flexibility index (Phi) is 8.41. The highest BCUT2D eigenvalue weighted by Gasteiger charge is 2.76. The van der Waals surface area contributed by atoms with E-state index in [0.29, 0.717) is 31.4 Å². The van der Waals surface area contributed by atoms with Gasteiger partial charge in [-0.2, -0.15) is 26.3 Å². The van der Waals surface area contributed by atoms with Crippen LogP contribution in [0.1, 0.15) is 74.5 Å². The highest BCUT2D eigenvalue weighted by atomic mass is 19.4. The fourth-order valence-corrected chi connectivity index (χ4v) is 5.51. The summed E-state index contributed by atoms with van der Waals surface area (Å²) in [6.07, 6.45) is -7.95. The number of nitrogens with zero attached hydrogens (tertiary/aromatic N) is 1. The Hall–Kier alpha value is -3.22. The van der Waals surface area contributed by atoms with Crippen LogP contribution in [0.5, 0.6) is 5.75 Å². The second kappa shape index (κ2) is 11.2. The molecule has 2 aliphatic rings. The van der Waals surface area contributed by atoms with Crippen molar-refractivity contribution in [1.82, 2.24) is 10.2 Å². The van der Waals surface area contributed by atoms with E-state index in [9.17, 15) is 35.9 Å². The lowest BCUT2D eigenvalue weighted by Crippen LogP contribution is -2.53. The number of hydrogen-bond acceptors (Lipinski definition) is 5. The predicted molar refractivity (Wildman–Crippen MR) is 134 cm³/mol. The minimum atomic E-state index is -5.71. The maximum atomic E-state index is 14.0. The number of fused-ring (bicyclic) bond motifs is 1. The number of nitrogens with one attached hydrogen (secondary N) is 1. The van der Waals surface area contributed by atoms with Crippen LogP contribution in [-0.4, -0.2) is 42.3 Å². The molecule has 1 aromatic carbocycles. The molecule has 7 nitrogen and oxygen atoms in total. The van der Waals surface area contributed by atoms with Crippen molar-refractivity contribution >= 4 is 11.9 Å². The van der Waals surface area contributed by atoms with Gasteiger partial charge >= 0.3 is 18.4 Å². The van der Waals surface area contributed by atoms with E-state index in [4.69, 9.17) is 9.15 Å². The quantitative estimate of drug-likeness (QED) is 0.180. The fraction of sp³-hybridized carbons (Fsp3) is 0.571. The molecule has 2 aromatic rings. The molecule has 0 spiro atoms. The number of alkyl halides is 6. The summed E-state index contributed by atoms with van der Waals surface area (Å²) in [6.45, 7) is 4.41. The predicted octanol–water partition coefficient (Wildman–Crippen LogP) is 6.66. The second-order valence-corrected chi connectivity index (χ2v) is 10.4. The molecule has 1 atom stereocenters. The molecule has 3 heterocycles. The van der Waals surface area contributed by atoms with Crippen molar-refractivity contribution in [3.63, 3.8) is 0 Å². The molecule has 0 saturated carbocycles. The largest absolute Gasteiger partial charge is 0.493 e. The molecule has 226 valence electrons. The van der Waals surface area contributed by atoms with Gasteiger partial charge in [-0.3, -0.25) is 9.69 Å². The SMILES string of the molecule is CCCc1cc2c(c(CCC)c1OCCCCN1C(=O)NC(C)(c3ccco3)C1=O)COC2(C(F)(F)F)C(F)(F)F. The van der Waals surface area contributed by atoms with Crippen LogP contribution in [0, 0.1) is 0 Å². The Morgan fingerprint density at radius 3 is 2.32 bits per heavy atom. The lowest BCUT2D eigenvalue weighted by Gasteiger charge is -2.34. The number of ether oxygens (including phenoxy) is 2. The first-order valence-corrected chi connectivity index (χ1v) is 13.5. The fourth-order valence-electron chi connectivity index (χ4n) is 5.51. The zero-order chi connectivity index (χ0) is 30.2. The number of furan rings is 1. The van der Waals surface area contributed by atoms with Gasteiger partial charge in [-0.1, -0.05) is 26.7 Å². The number of hydrogen-bond donors (Lipinski definition) is 1. The van der Waals surface area contributed by atoms with E-state index in [1.807, 2.05) is 0 Å². The number of carbonyl (C=O) groups is 2. The molecule has 0 bridgehead atoms. The average Bonchev–Trinajstić information content (AvgIpc) is 3.60. The number of unbranched alkanes of at least 4 members (excludes halogenated alkanes) is 1. The van der Waals surface area contributed by atoms with Gasteiger partial charge in [0.1, 0.15) is 11.5 Å². The number of halogens is 6. The van der Waals surface area contributed by atoms with Gasteiger partial charge in [-0.15, -0.1) is 0 Å². The molecule has 0 radical (unpaired) electrons. The molecule has 1 saturated heterocycles. The van der Waals surface area contributed by atoms with E-state index >= 15 is 0 Å². The van der Waals surface area contributed by atoms with Crippen molar-refractivity contribution in [1.29, 1.82) is 0 Å². The molecule has 3 amide bonds. The summed E-state index contributed by atoms with van der Waals surface area (Å²) < 4.78 is 99.8. The van der Waals surface area contributed by atoms with E-state index in [1.54, 1.807) is 32.9 Å². The van der Waals surface area contributed by atoms with Gasteiger partial charge in [-0.05, 0) is 61.9 Å². The summed E-state index contributed by atoms with van der Waals surface area (Å²) >= 11 is 0. The Labute approximate surface area is 233 Å². The van der Waals surface area contributed by atoms with Crippen molar-refractivity contribution in [3.8, 4) is 5.75 Å². The monoisotopic (exact) mass is 590 g/mol. The molecule has 41 heavy (non-hydrogen) atoms. The third-order valence-electron chi connectivity index (χ3n) is 7.52. The zero-order valence-electron chi connectivity index (χ0n) is 22.9. The summed E-state index contributed by atoms with van der Waals surface area (Å²) in [4.78, 5) is 26.5. The van der Waals surface area contributed by atoms with Gasteiger partial charge in [0.15, 0.2) is 5.54 Å². The molecule has 4 rings (SSSR count). The number of imide groups is 1. The normalized spacial score (nSPS) is 20.5. The summed E-state index contributed by atoms with van der Waals surface area (Å²) in [5, 5.41) is 2.63. The Morgan fingerprint density at radius 2 is 1.73 bits per heavy atom. The van der Waals surface area contributed by atoms with E-state index in [1.165, 1.54) is 6.26 Å². The van der Waals surface area contributed by atoms with Gasteiger partial charge in [0.25, 0.3) is 11.5 Å². The first kappa shape index (κ1) is 30.7. The number of urea groups is 1. The number of rotatable bonds is 11. The molecule has 1 N–H and O–H groups in total. The smallest absolute Gasteiger partial charge is 0.430 e. The van der Waals surface area contributed by atoms with Crippen LogP contribution >= 0.6 is 0 Å². The Balaban J connectivity index is 1.52. The summed E-state index contributed by atoms with van der Waals surface area (Å²) in [7, 11) is 0. The molecule has 0 aliphatic carbocycles. The standard InChI is InChI=1S/C28H32F6N2O5/c1-4-9-17-15-20-19(16-41-26(20,27(29,30)31)28(32,33)34)18(10-5-2)22(17)40-13-7-6-12-36-23(37)25(3,35-24(36)38)21-11-8-14-39-21/h8,11,14-15H,4-7,9-10,12-13,16H2,1-3H3,(H,35,38). The highest BCUT2D eigenvalue weighted by molar-refractivity contribution is 6.06. The highest BCUT2D eigenvalue weighted by Crippen LogP contribution is 2.58. The van der Waals surface area contributed by atoms with Crippen molar-refractivity contribution in [3.05, 3.63) is 52.5 Å². The number of aryl methyl sites for hydroxylation is 1. The van der Waals surface area contributed by atoms with Crippen LogP contribution in [-0.2, 0) is 40.1 Å². The molecule has 13 heteroatoms. The van der Waals surface area contributed by atoms with Gasteiger partial charge in [0.05, 0.1) is 19.5 Å². The van der Waals surface area contributed by atoms with Crippen molar-refractivity contribution in [2.45, 2.75) is 89.4 Å². The van der Waals surface area contributed by atoms with E-state index in [2.05, 4.69) is 10.1 Å². The third kappa shape index (κ3) is 5.17. The van der Waals surface area contributed by atoms with E-state index < -0.39 is 47.6 Å².